The summed E-state index contributed by atoms with van der Waals surface area (Å²) in [4.78, 5) is 7.07. The largest absolute Gasteiger partial charge is 0.313 e. The fourth-order valence-electron chi connectivity index (χ4n) is 2.72. The maximum Gasteiger partial charge on any atom is 0.0686 e. The Morgan fingerprint density at radius 2 is 2.25 bits per heavy atom. The van der Waals surface area contributed by atoms with Gasteiger partial charge in [0.1, 0.15) is 0 Å². The minimum Gasteiger partial charge on any atom is -0.313 e. The Morgan fingerprint density at radius 3 is 2.85 bits per heavy atom. The molecule has 0 bridgehead atoms. The number of nitrogens with one attached hydrogen (secondary N) is 1. The van der Waals surface area contributed by atoms with Crippen LogP contribution in [0.2, 0.25) is 0 Å². The molecule has 1 aromatic heterocycles. The maximum absolute atomic E-state index is 4.54. The van der Waals surface area contributed by atoms with Crippen LogP contribution >= 0.6 is 31.9 Å². The summed E-state index contributed by atoms with van der Waals surface area (Å²) in [5, 5.41) is 3.59. The van der Waals surface area contributed by atoms with E-state index in [2.05, 4.69) is 67.0 Å². The van der Waals surface area contributed by atoms with Gasteiger partial charge in [0.2, 0.25) is 0 Å². The number of pyridine rings is 1. The first-order valence-corrected chi connectivity index (χ1v) is 8.89. The summed E-state index contributed by atoms with van der Waals surface area (Å²) in [5.74, 6) is 0.672. The second-order valence-electron chi connectivity index (χ2n) is 5.96. The van der Waals surface area contributed by atoms with Gasteiger partial charge < -0.3 is 5.32 Å². The SMILES string of the molecule is CC(C)CN(Cc1ncc(Br)cc1Br)CC1CCCN1. The van der Waals surface area contributed by atoms with Gasteiger partial charge in [-0.3, -0.25) is 9.88 Å². The summed E-state index contributed by atoms with van der Waals surface area (Å²) in [7, 11) is 0. The van der Waals surface area contributed by atoms with Crippen LogP contribution in [0.4, 0.5) is 0 Å². The van der Waals surface area contributed by atoms with Crippen LogP contribution < -0.4 is 5.32 Å². The van der Waals surface area contributed by atoms with Gasteiger partial charge >= 0.3 is 0 Å². The Hall–Kier alpha value is 0.0300. The van der Waals surface area contributed by atoms with E-state index in [1.54, 1.807) is 0 Å². The molecule has 1 unspecified atom stereocenters. The van der Waals surface area contributed by atoms with Gasteiger partial charge in [0.15, 0.2) is 0 Å². The molecule has 1 fully saturated rings. The summed E-state index contributed by atoms with van der Waals surface area (Å²) < 4.78 is 2.10. The molecule has 0 amide bonds. The first-order valence-electron chi connectivity index (χ1n) is 7.30. The van der Waals surface area contributed by atoms with Gasteiger partial charge in [0.25, 0.3) is 0 Å². The van der Waals surface area contributed by atoms with Crippen LogP contribution in [0.5, 0.6) is 0 Å². The highest BCUT2D eigenvalue weighted by Gasteiger charge is 2.19. The quantitative estimate of drug-likeness (QED) is 0.781. The molecule has 2 rings (SSSR count). The Bertz CT molecular complexity index is 431. The van der Waals surface area contributed by atoms with Gasteiger partial charge in [-0.1, -0.05) is 13.8 Å². The van der Waals surface area contributed by atoms with Crippen LogP contribution in [0.3, 0.4) is 0 Å². The Balaban J connectivity index is 2.01. The van der Waals surface area contributed by atoms with Crippen molar-refractivity contribution in [1.82, 2.24) is 15.2 Å². The zero-order valence-electron chi connectivity index (χ0n) is 12.2. The van der Waals surface area contributed by atoms with Crippen LogP contribution in [0.25, 0.3) is 0 Å². The molecule has 1 N–H and O–H groups in total. The van der Waals surface area contributed by atoms with E-state index < -0.39 is 0 Å². The van der Waals surface area contributed by atoms with Crippen molar-refractivity contribution < 1.29 is 0 Å². The minimum absolute atomic E-state index is 0.642. The third-order valence-corrected chi connectivity index (χ3v) is 4.64. The molecule has 1 atom stereocenters. The van der Waals surface area contributed by atoms with E-state index in [0.29, 0.717) is 12.0 Å². The molecule has 1 saturated heterocycles. The van der Waals surface area contributed by atoms with E-state index >= 15 is 0 Å². The molecular weight excluding hydrogens is 382 g/mol. The normalized spacial score (nSPS) is 19.2. The van der Waals surface area contributed by atoms with E-state index in [1.807, 2.05) is 6.20 Å². The molecule has 20 heavy (non-hydrogen) atoms. The lowest BCUT2D eigenvalue weighted by atomic mass is 10.1. The summed E-state index contributed by atoms with van der Waals surface area (Å²) in [6.07, 6.45) is 4.48. The highest BCUT2D eigenvalue weighted by Crippen LogP contribution is 2.21. The minimum atomic E-state index is 0.642. The molecule has 0 spiro atoms. The van der Waals surface area contributed by atoms with Crippen molar-refractivity contribution in [3.8, 4) is 0 Å². The molecule has 0 radical (unpaired) electrons. The Labute approximate surface area is 138 Å². The number of hydrogen-bond donors (Lipinski definition) is 1. The average molecular weight is 405 g/mol. The van der Waals surface area contributed by atoms with Crippen molar-refractivity contribution >= 4 is 31.9 Å². The second kappa shape index (κ2) is 7.87. The fraction of sp³-hybridized carbons (Fsp3) is 0.667. The van der Waals surface area contributed by atoms with E-state index in [1.165, 1.54) is 19.4 Å². The lowest BCUT2D eigenvalue weighted by molar-refractivity contribution is 0.213. The number of halogens is 2. The first-order chi connectivity index (χ1) is 9.54. The molecule has 0 saturated carbocycles. The smallest absolute Gasteiger partial charge is 0.0686 e. The van der Waals surface area contributed by atoms with Gasteiger partial charge in [-0.05, 0) is 63.2 Å². The van der Waals surface area contributed by atoms with Gasteiger partial charge in [0, 0.05) is 40.8 Å². The summed E-state index contributed by atoms with van der Waals surface area (Å²) in [6.45, 7) is 8.85. The Kier molecular flexibility index (Phi) is 6.46. The number of aromatic nitrogens is 1. The van der Waals surface area contributed by atoms with E-state index in [9.17, 15) is 0 Å². The van der Waals surface area contributed by atoms with Gasteiger partial charge in [-0.25, -0.2) is 0 Å². The molecule has 1 aliphatic rings. The van der Waals surface area contributed by atoms with E-state index in [-0.39, 0.29) is 0 Å². The lowest BCUT2D eigenvalue weighted by Crippen LogP contribution is -2.39. The predicted octanol–water partition coefficient (Wildman–Crippen LogP) is 3.82. The monoisotopic (exact) mass is 403 g/mol. The first kappa shape index (κ1) is 16.4. The van der Waals surface area contributed by atoms with Crippen molar-refractivity contribution in [2.45, 2.75) is 39.3 Å². The third-order valence-electron chi connectivity index (χ3n) is 3.52. The summed E-state index contributed by atoms with van der Waals surface area (Å²) >= 11 is 7.08. The maximum atomic E-state index is 4.54. The van der Waals surface area contributed by atoms with Crippen LogP contribution in [-0.2, 0) is 6.54 Å². The fourth-order valence-corrected chi connectivity index (χ4v) is 3.83. The van der Waals surface area contributed by atoms with Crippen molar-refractivity contribution in [2.75, 3.05) is 19.6 Å². The van der Waals surface area contributed by atoms with E-state index in [0.717, 1.165) is 34.3 Å². The predicted molar refractivity (Wildman–Crippen MR) is 90.8 cm³/mol. The Morgan fingerprint density at radius 1 is 1.45 bits per heavy atom. The van der Waals surface area contributed by atoms with Crippen LogP contribution in [-0.4, -0.2) is 35.6 Å². The van der Waals surface area contributed by atoms with Crippen molar-refractivity contribution in [3.63, 3.8) is 0 Å². The van der Waals surface area contributed by atoms with Gasteiger partial charge in [-0.2, -0.15) is 0 Å². The molecule has 5 heteroatoms. The molecular formula is C15H23Br2N3. The molecule has 1 aliphatic heterocycles. The topological polar surface area (TPSA) is 28.2 Å². The molecule has 3 nitrogen and oxygen atoms in total. The van der Waals surface area contributed by atoms with Crippen LogP contribution in [0.1, 0.15) is 32.4 Å². The van der Waals surface area contributed by atoms with Crippen molar-refractivity contribution in [3.05, 3.63) is 26.9 Å². The average Bonchev–Trinajstić information content (AvgIpc) is 2.84. The number of nitrogens with zero attached hydrogens (tertiary/aromatic N) is 2. The molecule has 0 aromatic carbocycles. The zero-order chi connectivity index (χ0) is 14.5. The molecule has 1 aromatic rings. The zero-order valence-corrected chi connectivity index (χ0v) is 15.4. The molecule has 112 valence electrons. The standard InChI is InChI=1S/C15H23Br2N3/c1-11(2)8-20(9-13-4-3-5-18-13)10-15-14(17)6-12(16)7-19-15/h6-7,11,13,18H,3-5,8-10H2,1-2H3. The van der Waals surface area contributed by atoms with Crippen molar-refractivity contribution in [1.29, 1.82) is 0 Å². The van der Waals surface area contributed by atoms with E-state index in [4.69, 9.17) is 0 Å². The highest BCUT2D eigenvalue weighted by atomic mass is 79.9. The van der Waals surface area contributed by atoms with Gasteiger partial charge in [0.05, 0.1) is 5.69 Å². The van der Waals surface area contributed by atoms with Crippen molar-refractivity contribution in [2.24, 2.45) is 5.92 Å². The van der Waals surface area contributed by atoms with Crippen LogP contribution in [0, 0.1) is 5.92 Å². The number of rotatable bonds is 6. The highest BCUT2D eigenvalue weighted by molar-refractivity contribution is 9.11. The molecule has 2 heterocycles. The second-order valence-corrected chi connectivity index (χ2v) is 7.73. The van der Waals surface area contributed by atoms with Crippen LogP contribution in [0.15, 0.2) is 21.2 Å². The summed E-state index contributed by atoms with van der Waals surface area (Å²) in [5.41, 5.74) is 1.12. The van der Waals surface area contributed by atoms with Gasteiger partial charge in [-0.15, -0.1) is 0 Å². The molecule has 0 aliphatic carbocycles. The summed E-state index contributed by atoms with van der Waals surface area (Å²) in [6, 6.07) is 2.71. The lowest BCUT2D eigenvalue weighted by Gasteiger charge is -2.27. The number of hydrogen-bond acceptors (Lipinski definition) is 3. The third kappa shape index (κ3) is 5.10.